The van der Waals surface area contributed by atoms with Crippen molar-refractivity contribution >= 4 is 11.6 Å². The molecule has 1 aromatic rings. The molecule has 94 valence electrons. The molecule has 0 spiro atoms. The monoisotopic (exact) mass is 237 g/mol. The summed E-state index contributed by atoms with van der Waals surface area (Å²) in [6.45, 7) is 4.01. The van der Waals surface area contributed by atoms with Gasteiger partial charge in [-0.1, -0.05) is 25.1 Å². The fourth-order valence-corrected chi connectivity index (χ4v) is 1.56. The molecule has 2 N–H and O–H groups in total. The molecule has 0 bridgehead atoms. The van der Waals surface area contributed by atoms with Crippen LogP contribution in [0, 0.1) is 5.92 Å². The largest absolute Gasteiger partial charge is 0.367 e. The van der Waals surface area contributed by atoms with E-state index in [1.165, 1.54) is 0 Å². The van der Waals surface area contributed by atoms with Crippen LogP contribution in [0.4, 0.5) is 5.69 Å². The normalized spacial score (nSPS) is 14.1. The Morgan fingerprint density at radius 2 is 2.00 bits per heavy atom. The van der Waals surface area contributed by atoms with Crippen molar-refractivity contribution < 1.29 is 14.6 Å². The number of ether oxygens (including phenoxy) is 1. The molecule has 0 saturated heterocycles. The number of rotatable bonds is 6. The Morgan fingerprint density at radius 1 is 1.35 bits per heavy atom. The van der Waals surface area contributed by atoms with E-state index in [-0.39, 0.29) is 5.91 Å². The number of aliphatic hydroxyl groups excluding tert-OH is 1. The summed E-state index contributed by atoms with van der Waals surface area (Å²) in [6, 6.07) is 9.17. The maximum absolute atomic E-state index is 11.9. The molecule has 0 fully saturated rings. The minimum atomic E-state index is -1.05. The number of carbonyl (C=O) groups is 1. The smallest absolute Gasteiger partial charge is 0.232 e. The first kappa shape index (κ1) is 13.7. The van der Waals surface area contributed by atoms with Gasteiger partial charge in [0.2, 0.25) is 5.91 Å². The SMILES string of the molecule is CCO[C@@H](O)[C@H](CC)C(=O)Nc1ccccc1. The summed E-state index contributed by atoms with van der Waals surface area (Å²) >= 11 is 0. The van der Waals surface area contributed by atoms with Crippen LogP contribution in [-0.4, -0.2) is 23.9 Å². The zero-order valence-corrected chi connectivity index (χ0v) is 10.2. The maximum atomic E-state index is 11.9. The molecule has 4 heteroatoms. The highest BCUT2D eigenvalue weighted by molar-refractivity contribution is 5.92. The van der Waals surface area contributed by atoms with Crippen LogP contribution in [-0.2, 0) is 9.53 Å². The third kappa shape index (κ3) is 4.17. The first-order chi connectivity index (χ1) is 8.19. The molecule has 4 nitrogen and oxygen atoms in total. The van der Waals surface area contributed by atoms with Crippen molar-refractivity contribution in [3.05, 3.63) is 30.3 Å². The van der Waals surface area contributed by atoms with Crippen molar-refractivity contribution in [1.82, 2.24) is 0 Å². The topological polar surface area (TPSA) is 58.6 Å². The van der Waals surface area contributed by atoms with Gasteiger partial charge in [-0.05, 0) is 25.5 Å². The second-order valence-corrected chi connectivity index (χ2v) is 3.72. The first-order valence-electron chi connectivity index (χ1n) is 5.84. The highest BCUT2D eigenvalue weighted by Crippen LogP contribution is 2.14. The molecule has 17 heavy (non-hydrogen) atoms. The van der Waals surface area contributed by atoms with Gasteiger partial charge < -0.3 is 15.2 Å². The number of amides is 1. The van der Waals surface area contributed by atoms with E-state index < -0.39 is 12.2 Å². The van der Waals surface area contributed by atoms with Crippen molar-refractivity contribution in [2.75, 3.05) is 11.9 Å². The molecular weight excluding hydrogens is 218 g/mol. The molecule has 0 heterocycles. The van der Waals surface area contributed by atoms with E-state index in [2.05, 4.69) is 5.32 Å². The molecule has 0 radical (unpaired) electrons. The van der Waals surface area contributed by atoms with E-state index in [1.807, 2.05) is 25.1 Å². The van der Waals surface area contributed by atoms with E-state index in [0.717, 1.165) is 5.69 Å². The Morgan fingerprint density at radius 3 is 2.53 bits per heavy atom. The van der Waals surface area contributed by atoms with Crippen LogP contribution in [0.15, 0.2) is 30.3 Å². The lowest BCUT2D eigenvalue weighted by molar-refractivity contribution is -0.151. The fourth-order valence-electron chi connectivity index (χ4n) is 1.56. The van der Waals surface area contributed by atoms with Crippen LogP contribution in [0.1, 0.15) is 20.3 Å². The molecule has 0 aliphatic rings. The summed E-state index contributed by atoms with van der Waals surface area (Å²) in [5.74, 6) is -0.769. The molecule has 0 unspecified atom stereocenters. The molecule has 1 amide bonds. The van der Waals surface area contributed by atoms with Gasteiger partial charge in [-0.3, -0.25) is 4.79 Å². The van der Waals surface area contributed by atoms with Crippen molar-refractivity contribution in [2.24, 2.45) is 5.92 Å². The third-order valence-corrected chi connectivity index (χ3v) is 2.50. The van der Waals surface area contributed by atoms with Gasteiger partial charge in [0.05, 0.1) is 5.92 Å². The summed E-state index contributed by atoms with van der Waals surface area (Å²) in [4.78, 5) is 11.9. The van der Waals surface area contributed by atoms with Gasteiger partial charge in [0.25, 0.3) is 0 Å². The van der Waals surface area contributed by atoms with Gasteiger partial charge in [-0.2, -0.15) is 0 Å². The number of aliphatic hydroxyl groups is 1. The van der Waals surface area contributed by atoms with Crippen LogP contribution < -0.4 is 5.32 Å². The fraction of sp³-hybridized carbons (Fsp3) is 0.462. The lowest BCUT2D eigenvalue weighted by Gasteiger charge is -2.20. The van der Waals surface area contributed by atoms with Gasteiger partial charge in [0.15, 0.2) is 6.29 Å². The quantitative estimate of drug-likeness (QED) is 0.744. The van der Waals surface area contributed by atoms with Crippen molar-refractivity contribution in [2.45, 2.75) is 26.6 Å². The standard InChI is InChI=1S/C13H19NO3/c1-3-11(13(16)17-4-2)12(15)14-10-8-6-5-7-9-10/h5-9,11,13,16H,3-4H2,1-2H3,(H,14,15)/t11-,13-/m1/s1. The molecule has 0 aliphatic carbocycles. The van der Waals surface area contributed by atoms with Crippen molar-refractivity contribution in [3.8, 4) is 0 Å². The Labute approximate surface area is 102 Å². The number of nitrogens with one attached hydrogen (secondary N) is 1. The molecule has 2 atom stereocenters. The van der Waals surface area contributed by atoms with Crippen molar-refractivity contribution in [3.63, 3.8) is 0 Å². The lowest BCUT2D eigenvalue weighted by atomic mass is 10.1. The minimum absolute atomic E-state index is 0.223. The highest BCUT2D eigenvalue weighted by atomic mass is 16.6. The molecule has 1 aromatic carbocycles. The van der Waals surface area contributed by atoms with Crippen LogP contribution in [0.2, 0.25) is 0 Å². The molecule has 1 rings (SSSR count). The van der Waals surface area contributed by atoms with Crippen LogP contribution in [0.3, 0.4) is 0 Å². The molecule has 0 aliphatic heterocycles. The van der Waals surface area contributed by atoms with Crippen LogP contribution in [0.25, 0.3) is 0 Å². The van der Waals surface area contributed by atoms with E-state index in [0.29, 0.717) is 13.0 Å². The number of para-hydroxylation sites is 1. The predicted octanol–water partition coefficient (Wildman–Crippen LogP) is 2.01. The molecular formula is C13H19NO3. The average Bonchev–Trinajstić information content (AvgIpc) is 2.31. The van der Waals surface area contributed by atoms with Crippen LogP contribution in [0.5, 0.6) is 0 Å². The lowest BCUT2D eigenvalue weighted by Crippen LogP contribution is -2.34. The van der Waals surface area contributed by atoms with Gasteiger partial charge in [-0.15, -0.1) is 0 Å². The third-order valence-electron chi connectivity index (χ3n) is 2.50. The Hall–Kier alpha value is -1.39. The maximum Gasteiger partial charge on any atom is 0.232 e. The van der Waals surface area contributed by atoms with E-state index >= 15 is 0 Å². The Balaban J connectivity index is 2.61. The number of carbonyl (C=O) groups excluding carboxylic acids is 1. The van der Waals surface area contributed by atoms with Gasteiger partial charge in [0, 0.05) is 12.3 Å². The summed E-state index contributed by atoms with van der Waals surface area (Å²) in [5, 5.41) is 12.4. The Kier molecular flexibility index (Phi) is 5.66. The number of hydrogen-bond acceptors (Lipinski definition) is 3. The summed E-state index contributed by atoms with van der Waals surface area (Å²) in [6.07, 6.45) is -0.520. The predicted molar refractivity (Wildman–Crippen MR) is 66.5 cm³/mol. The minimum Gasteiger partial charge on any atom is -0.367 e. The van der Waals surface area contributed by atoms with E-state index in [1.54, 1.807) is 19.1 Å². The number of benzene rings is 1. The van der Waals surface area contributed by atoms with E-state index in [9.17, 15) is 9.90 Å². The summed E-state index contributed by atoms with van der Waals surface area (Å²) in [5.41, 5.74) is 0.722. The van der Waals surface area contributed by atoms with E-state index in [4.69, 9.17) is 4.74 Å². The van der Waals surface area contributed by atoms with Crippen LogP contribution >= 0.6 is 0 Å². The second kappa shape index (κ2) is 7.04. The first-order valence-corrected chi connectivity index (χ1v) is 5.84. The summed E-state index contributed by atoms with van der Waals surface area (Å²) in [7, 11) is 0. The van der Waals surface area contributed by atoms with Gasteiger partial charge in [0.1, 0.15) is 0 Å². The molecule has 0 saturated carbocycles. The van der Waals surface area contributed by atoms with Crippen molar-refractivity contribution in [1.29, 1.82) is 0 Å². The number of hydrogen-bond donors (Lipinski definition) is 2. The summed E-state index contributed by atoms with van der Waals surface area (Å²) < 4.78 is 5.05. The second-order valence-electron chi connectivity index (χ2n) is 3.72. The highest BCUT2D eigenvalue weighted by Gasteiger charge is 2.25. The van der Waals surface area contributed by atoms with Gasteiger partial charge >= 0.3 is 0 Å². The Bertz CT molecular complexity index is 340. The van der Waals surface area contributed by atoms with Gasteiger partial charge in [-0.25, -0.2) is 0 Å². The zero-order valence-electron chi connectivity index (χ0n) is 10.2. The average molecular weight is 237 g/mol. The number of anilines is 1. The zero-order chi connectivity index (χ0) is 12.7. The molecule has 0 aromatic heterocycles.